The Kier molecular flexibility index (Phi) is 4.36. The van der Waals surface area contributed by atoms with Gasteiger partial charge in [-0.1, -0.05) is 36.4 Å². The van der Waals surface area contributed by atoms with Crippen LogP contribution in [0.15, 0.2) is 48.5 Å². The summed E-state index contributed by atoms with van der Waals surface area (Å²) in [6.45, 7) is -0.0816. The van der Waals surface area contributed by atoms with E-state index in [0.717, 1.165) is 0 Å². The molecule has 0 aliphatic rings. The Morgan fingerprint density at radius 1 is 1.00 bits per heavy atom. The molecule has 0 radical (unpaired) electrons. The van der Waals surface area contributed by atoms with Crippen LogP contribution in [0.3, 0.4) is 0 Å². The van der Waals surface area contributed by atoms with E-state index in [9.17, 15) is 12.8 Å². The van der Waals surface area contributed by atoms with Crippen molar-refractivity contribution in [1.82, 2.24) is 4.72 Å². The average Bonchev–Trinajstić information content (AvgIpc) is 2.40. The van der Waals surface area contributed by atoms with Gasteiger partial charge in [-0.15, -0.1) is 0 Å². The maximum atomic E-state index is 13.4. The van der Waals surface area contributed by atoms with Crippen molar-refractivity contribution in [2.75, 3.05) is 5.73 Å². The van der Waals surface area contributed by atoms with Crippen LogP contribution in [0.1, 0.15) is 11.1 Å². The predicted octanol–water partition coefficient (Wildman–Crippen LogP) is 2.03. The fourth-order valence-corrected chi connectivity index (χ4v) is 2.90. The summed E-state index contributed by atoms with van der Waals surface area (Å²) in [7, 11) is -3.57. The van der Waals surface area contributed by atoms with Crippen LogP contribution >= 0.6 is 0 Å². The molecule has 0 atom stereocenters. The molecule has 4 nitrogen and oxygen atoms in total. The Bertz CT molecular complexity index is 702. The fraction of sp³-hybridized carbons (Fsp3) is 0.143. The molecule has 0 fully saturated rings. The first-order valence-corrected chi connectivity index (χ1v) is 7.67. The molecule has 2 aromatic carbocycles. The maximum absolute atomic E-state index is 13.4. The van der Waals surface area contributed by atoms with Gasteiger partial charge in [0.25, 0.3) is 0 Å². The lowest BCUT2D eigenvalue weighted by molar-refractivity contribution is 0.573. The van der Waals surface area contributed by atoms with E-state index in [2.05, 4.69) is 4.72 Å². The van der Waals surface area contributed by atoms with Crippen molar-refractivity contribution in [3.05, 3.63) is 65.5 Å². The Hall–Kier alpha value is -1.92. The minimum Gasteiger partial charge on any atom is -0.398 e. The molecule has 6 heteroatoms. The lowest BCUT2D eigenvalue weighted by Crippen LogP contribution is -2.25. The molecule has 0 aliphatic heterocycles. The first-order chi connectivity index (χ1) is 9.48. The van der Waals surface area contributed by atoms with Crippen LogP contribution in [-0.2, 0) is 22.3 Å². The average molecular weight is 294 g/mol. The third kappa shape index (κ3) is 3.79. The highest BCUT2D eigenvalue weighted by Crippen LogP contribution is 2.14. The zero-order valence-corrected chi connectivity index (χ0v) is 11.5. The summed E-state index contributed by atoms with van der Waals surface area (Å²) in [5, 5.41) is 0. The molecule has 0 bridgehead atoms. The van der Waals surface area contributed by atoms with Crippen LogP contribution < -0.4 is 10.5 Å². The summed E-state index contributed by atoms with van der Waals surface area (Å²) < 4.78 is 39.7. The molecule has 2 rings (SSSR count). The van der Waals surface area contributed by atoms with Gasteiger partial charge in [0.2, 0.25) is 10.0 Å². The molecule has 0 heterocycles. The van der Waals surface area contributed by atoms with Gasteiger partial charge in [0.1, 0.15) is 5.82 Å². The number of hydrogen-bond donors (Lipinski definition) is 2. The molecule has 0 aromatic heterocycles. The van der Waals surface area contributed by atoms with Crippen LogP contribution in [0.2, 0.25) is 0 Å². The topological polar surface area (TPSA) is 72.2 Å². The molecule has 106 valence electrons. The molecule has 2 aromatic rings. The van der Waals surface area contributed by atoms with E-state index in [-0.39, 0.29) is 12.3 Å². The zero-order valence-electron chi connectivity index (χ0n) is 10.7. The number of anilines is 1. The Balaban J connectivity index is 2.05. The van der Waals surface area contributed by atoms with Gasteiger partial charge in [-0.25, -0.2) is 17.5 Å². The predicted molar refractivity (Wildman–Crippen MR) is 76.7 cm³/mol. The van der Waals surface area contributed by atoms with Crippen molar-refractivity contribution in [3.8, 4) is 0 Å². The van der Waals surface area contributed by atoms with Gasteiger partial charge < -0.3 is 5.73 Å². The van der Waals surface area contributed by atoms with Crippen molar-refractivity contribution in [1.29, 1.82) is 0 Å². The van der Waals surface area contributed by atoms with E-state index < -0.39 is 15.8 Å². The molecule has 0 spiro atoms. The SMILES string of the molecule is Nc1ccccc1CS(=O)(=O)NCc1ccccc1F. The van der Waals surface area contributed by atoms with Crippen molar-refractivity contribution in [2.45, 2.75) is 12.3 Å². The van der Waals surface area contributed by atoms with Crippen LogP contribution in [0.25, 0.3) is 0 Å². The number of nitrogens with one attached hydrogen (secondary N) is 1. The molecule has 0 saturated carbocycles. The number of sulfonamides is 1. The van der Waals surface area contributed by atoms with Gasteiger partial charge in [-0.05, 0) is 17.7 Å². The second kappa shape index (κ2) is 6.02. The van der Waals surface area contributed by atoms with Gasteiger partial charge in [-0.3, -0.25) is 0 Å². The van der Waals surface area contributed by atoms with Crippen molar-refractivity contribution in [2.24, 2.45) is 0 Å². The monoisotopic (exact) mass is 294 g/mol. The zero-order chi connectivity index (χ0) is 14.6. The third-order valence-electron chi connectivity index (χ3n) is 2.84. The summed E-state index contributed by atoms with van der Waals surface area (Å²) in [4.78, 5) is 0. The van der Waals surface area contributed by atoms with Gasteiger partial charge >= 0.3 is 0 Å². The molecule has 0 amide bonds. The quantitative estimate of drug-likeness (QED) is 0.829. The van der Waals surface area contributed by atoms with Gasteiger partial charge in [0.05, 0.1) is 5.75 Å². The van der Waals surface area contributed by atoms with Crippen molar-refractivity contribution >= 4 is 15.7 Å². The highest BCUT2D eigenvalue weighted by atomic mass is 32.2. The Morgan fingerprint density at radius 3 is 2.25 bits per heavy atom. The van der Waals surface area contributed by atoms with Crippen LogP contribution in [0.5, 0.6) is 0 Å². The summed E-state index contributed by atoms with van der Waals surface area (Å²) in [5.74, 6) is -0.664. The van der Waals surface area contributed by atoms with E-state index in [1.807, 2.05) is 0 Å². The van der Waals surface area contributed by atoms with Gasteiger partial charge in [0.15, 0.2) is 0 Å². The normalized spacial score (nSPS) is 11.4. The summed E-state index contributed by atoms with van der Waals surface area (Å²) in [6.07, 6.45) is 0. The molecule has 0 saturated heterocycles. The molecule has 20 heavy (non-hydrogen) atoms. The molecular weight excluding hydrogens is 279 g/mol. The minimum atomic E-state index is -3.57. The van der Waals surface area contributed by atoms with Crippen LogP contribution in [0, 0.1) is 5.82 Å². The van der Waals surface area contributed by atoms with E-state index in [1.165, 1.54) is 12.1 Å². The van der Waals surface area contributed by atoms with E-state index >= 15 is 0 Å². The number of rotatable bonds is 5. The van der Waals surface area contributed by atoms with Gasteiger partial charge in [-0.2, -0.15) is 0 Å². The molecule has 0 unspecified atom stereocenters. The Labute approximate surface area is 117 Å². The summed E-state index contributed by atoms with van der Waals surface area (Å²) in [5.41, 5.74) is 6.95. The van der Waals surface area contributed by atoms with Crippen molar-refractivity contribution < 1.29 is 12.8 Å². The van der Waals surface area contributed by atoms with Crippen LogP contribution in [-0.4, -0.2) is 8.42 Å². The van der Waals surface area contributed by atoms with E-state index in [0.29, 0.717) is 16.8 Å². The summed E-state index contributed by atoms with van der Waals surface area (Å²) in [6, 6.07) is 12.8. The standard InChI is InChI=1S/C14H15FN2O2S/c15-13-7-3-1-5-11(13)9-17-20(18,19)10-12-6-2-4-8-14(12)16/h1-8,17H,9-10,16H2. The number of hydrogen-bond acceptors (Lipinski definition) is 3. The summed E-state index contributed by atoms with van der Waals surface area (Å²) >= 11 is 0. The fourth-order valence-electron chi connectivity index (χ4n) is 1.75. The second-order valence-corrected chi connectivity index (χ2v) is 6.18. The second-order valence-electron chi connectivity index (χ2n) is 4.37. The number of nitrogens with two attached hydrogens (primary N) is 1. The Morgan fingerprint density at radius 2 is 1.60 bits per heavy atom. The number of halogens is 1. The smallest absolute Gasteiger partial charge is 0.216 e. The van der Waals surface area contributed by atoms with Gasteiger partial charge in [0, 0.05) is 17.8 Å². The lowest BCUT2D eigenvalue weighted by atomic mass is 10.2. The maximum Gasteiger partial charge on any atom is 0.216 e. The number of para-hydroxylation sites is 1. The third-order valence-corrected chi connectivity index (χ3v) is 4.12. The largest absolute Gasteiger partial charge is 0.398 e. The van der Waals surface area contributed by atoms with E-state index in [1.54, 1.807) is 36.4 Å². The minimum absolute atomic E-state index is 0.0816. The highest BCUT2D eigenvalue weighted by Gasteiger charge is 2.13. The highest BCUT2D eigenvalue weighted by molar-refractivity contribution is 7.88. The molecule has 0 aliphatic carbocycles. The van der Waals surface area contributed by atoms with Crippen LogP contribution in [0.4, 0.5) is 10.1 Å². The van der Waals surface area contributed by atoms with E-state index in [4.69, 9.17) is 5.73 Å². The number of nitrogen functional groups attached to an aromatic ring is 1. The van der Waals surface area contributed by atoms with Crippen molar-refractivity contribution in [3.63, 3.8) is 0 Å². The first kappa shape index (κ1) is 14.5. The molecular formula is C14H15FN2O2S. The first-order valence-electron chi connectivity index (χ1n) is 6.02. The lowest BCUT2D eigenvalue weighted by Gasteiger charge is -2.09. The number of benzene rings is 2. The molecule has 3 N–H and O–H groups in total.